The molecule has 2 aliphatic heterocycles. The van der Waals surface area contributed by atoms with E-state index in [0.29, 0.717) is 19.6 Å². The first-order valence-electron chi connectivity index (χ1n) is 5.44. The molecule has 88 valence electrons. The lowest BCUT2D eigenvalue weighted by atomic mass is 10.2. The molecular formula is C9H18N2O3S. The number of rotatable bonds is 2. The number of ether oxygens (including phenoxy) is 1. The van der Waals surface area contributed by atoms with Gasteiger partial charge in [0.2, 0.25) is 0 Å². The average molecular weight is 234 g/mol. The molecule has 5 nitrogen and oxygen atoms in total. The summed E-state index contributed by atoms with van der Waals surface area (Å²) in [5.74, 6) is 0. The summed E-state index contributed by atoms with van der Waals surface area (Å²) in [7, 11) is -1.57. The highest BCUT2D eigenvalue weighted by atomic mass is 32.2. The van der Waals surface area contributed by atoms with Crippen LogP contribution in [0, 0.1) is 0 Å². The third-order valence-electron chi connectivity index (χ3n) is 3.03. The Morgan fingerprint density at radius 1 is 1.33 bits per heavy atom. The molecule has 2 rings (SSSR count). The lowest BCUT2D eigenvalue weighted by Crippen LogP contribution is -2.50. The van der Waals surface area contributed by atoms with Crippen LogP contribution in [-0.2, 0) is 14.9 Å². The van der Waals surface area contributed by atoms with E-state index in [1.807, 2.05) is 0 Å². The highest BCUT2D eigenvalue weighted by Gasteiger charge is 2.33. The molecule has 1 unspecified atom stereocenters. The maximum absolute atomic E-state index is 11.9. The van der Waals surface area contributed by atoms with Crippen molar-refractivity contribution in [2.75, 3.05) is 33.3 Å². The van der Waals surface area contributed by atoms with Crippen LogP contribution in [0.25, 0.3) is 0 Å². The highest BCUT2D eigenvalue weighted by Crippen LogP contribution is 2.19. The number of nitrogens with zero attached hydrogens (tertiary/aromatic N) is 2. The maximum Gasteiger partial charge on any atom is 0.281 e. The molecule has 0 radical (unpaired) electrons. The molecule has 0 aromatic carbocycles. The zero-order chi connectivity index (χ0) is 10.9. The molecule has 0 spiro atoms. The van der Waals surface area contributed by atoms with Crippen molar-refractivity contribution in [2.24, 2.45) is 0 Å². The normalized spacial score (nSPS) is 33.3. The second-order valence-corrected chi connectivity index (χ2v) is 6.21. The second kappa shape index (κ2) is 4.37. The van der Waals surface area contributed by atoms with Gasteiger partial charge in [-0.2, -0.15) is 17.0 Å². The summed E-state index contributed by atoms with van der Waals surface area (Å²) < 4.78 is 32.2. The van der Waals surface area contributed by atoms with Crippen LogP contribution in [0.2, 0.25) is 0 Å². The van der Waals surface area contributed by atoms with Crippen LogP contribution >= 0.6 is 0 Å². The van der Waals surface area contributed by atoms with Crippen molar-refractivity contribution in [2.45, 2.75) is 25.4 Å². The Kier molecular flexibility index (Phi) is 3.30. The predicted molar refractivity (Wildman–Crippen MR) is 56.7 cm³/mol. The highest BCUT2D eigenvalue weighted by molar-refractivity contribution is 7.86. The van der Waals surface area contributed by atoms with Crippen molar-refractivity contribution in [3.63, 3.8) is 0 Å². The zero-order valence-electron chi connectivity index (χ0n) is 9.05. The monoisotopic (exact) mass is 234 g/mol. The molecule has 2 aliphatic rings. The van der Waals surface area contributed by atoms with E-state index in [0.717, 1.165) is 25.9 Å². The zero-order valence-corrected chi connectivity index (χ0v) is 9.87. The van der Waals surface area contributed by atoms with Crippen molar-refractivity contribution in [1.29, 1.82) is 0 Å². The summed E-state index contributed by atoms with van der Waals surface area (Å²) in [6.45, 7) is 2.55. The van der Waals surface area contributed by atoms with Gasteiger partial charge in [-0.25, -0.2) is 0 Å². The van der Waals surface area contributed by atoms with Gasteiger partial charge in [0.15, 0.2) is 0 Å². The van der Waals surface area contributed by atoms with E-state index in [-0.39, 0.29) is 6.10 Å². The lowest BCUT2D eigenvalue weighted by molar-refractivity contribution is 0.0897. The Morgan fingerprint density at radius 3 is 2.80 bits per heavy atom. The van der Waals surface area contributed by atoms with Gasteiger partial charge in [-0.05, 0) is 19.3 Å². The van der Waals surface area contributed by atoms with Crippen molar-refractivity contribution < 1.29 is 13.2 Å². The summed E-state index contributed by atoms with van der Waals surface area (Å²) >= 11 is 0. The van der Waals surface area contributed by atoms with Gasteiger partial charge in [-0.15, -0.1) is 0 Å². The molecule has 0 aromatic rings. The topological polar surface area (TPSA) is 49.9 Å². The van der Waals surface area contributed by atoms with E-state index in [2.05, 4.69) is 0 Å². The smallest absolute Gasteiger partial charge is 0.281 e. The van der Waals surface area contributed by atoms with Gasteiger partial charge in [0, 0.05) is 33.3 Å². The van der Waals surface area contributed by atoms with Gasteiger partial charge in [-0.3, -0.25) is 0 Å². The van der Waals surface area contributed by atoms with E-state index >= 15 is 0 Å². The minimum atomic E-state index is -3.20. The predicted octanol–water partition coefficient (Wildman–Crippen LogP) is 0.0477. The molecular weight excluding hydrogens is 216 g/mol. The summed E-state index contributed by atoms with van der Waals surface area (Å²) in [5, 5.41) is 0. The van der Waals surface area contributed by atoms with Gasteiger partial charge in [-0.1, -0.05) is 0 Å². The fourth-order valence-corrected chi connectivity index (χ4v) is 3.57. The van der Waals surface area contributed by atoms with Crippen LogP contribution in [0.15, 0.2) is 0 Å². The van der Waals surface area contributed by atoms with Gasteiger partial charge >= 0.3 is 0 Å². The molecule has 15 heavy (non-hydrogen) atoms. The first-order valence-corrected chi connectivity index (χ1v) is 6.83. The van der Waals surface area contributed by atoms with Gasteiger partial charge in [0.1, 0.15) is 0 Å². The Bertz CT molecular complexity index is 311. The van der Waals surface area contributed by atoms with E-state index in [4.69, 9.17) is 4.74 Å². The largest absolute Gasteiger partial charge is 0.377 e. The van der Waals surface area contributed by atoms with E-state index in [9.17, 15) is 8.42 Å². The quantitative estimate of drug-likeness (QED) is 0.678. The Morgan fingerprint density at radius 2 is 2.13 bits per heavy atom. The molecule has 2 fully saturated rings. The minimum Gasteiger partial charge on any atom is -0.377 e. The number of hydrogen-bond donors (Lipinski definition) is 0. The maximum atomic E-state index is 11.9. The van der Waals surface area contributed by atoms with Crippen LogP contribution in [0.1, 0.15) is 19.3 Å². The van der Waals surface area contributed by atoms with E-state index in [1.54, 1.807) is 11.4 Å². The minimum absolute atomic E-state index is 0.103. The molecule has 0 saturated carbocycles. The summed E-state index contributed by atoms with van der Waals surface area (Å²) in [5.41, 5.74) is 0. The SMILES string of the molecule is CN1CCCN(CC2CCCO2)S1(=O)=O. The van der Waals surface area contributed by atoms with E-state index in [1.165, 1.54) is 4.31 Å². The summed E-state index contributed by atoms with van der Waals surface area (Å²) in [6, 6.07) is 0. The fraction of sp³-hybridized carbons (Fsp3) is 1.00. The van der Waals surface area contributed by atoms with Crippen LogP contribution in [0.4, 0.5) is 0 Å². The second-order valence-electron chi connectivity index (χ2n) is 4.18. The van der Waals surface area contributed by atoms with Gasteiger partial charge < -0.3 is 4.74 Å². The molecule has 2 saturated heterocycles. The standard InChI is InChI=1S/C9H18N2O3S/c1-10-5-3-6-11(15(10,12)13)8-9-4-2-7-14-9/h9H,2-8H2,1H3. The van der Waals surface area contributed by atoms with Crippen LogP contribution < -0.4 is 0 Å². The first-order chi connectivity index (χ1) is 7.10. The van der Waals surface area contributed by atoms with E-state index < -0.39 is 10.2 Å². The molecule has 0 aromatic heterocycles. The Hall–Kier alpha value is -0.170. The van der Waals surface area contributed by atoms with Crippen LogP contribution in [0.5, 0.6) is 0 Å². The van der Waals surface area contributed by atoms with Gasteiger partial charge in [0.05, 0.1) is 6.10 Å². The van der Waals surface area contributed by atoms with Crippen molar-refractivity contribution in [3.8, 4) is 0 Å². The van der Waals surface area contributed by atoms with Crippen molar-refractivity contribution >= 4 is 10.2 Å². The van der Waals surface area contributed by atoms with Crippen LogP contribution in [-0.4, -0.2) is 56.4 Å². The Labute approximate surface area is 91.2 Å². The molecule has 0 aliphatic carbocycles. The average Bonchev–Trinajstić information content (AvgIpc) is 2.66. The molecule has 0 bridgehead atoms. The Balaban J connectivity index is 2.00. The third kappa shape index (κ3) is 2.33. The molecule has 1 atom stereocenters. The fourth-order valence-electron chi connectivity index (χ4n) is 2.10. The molecule has 0 N–H and O–H groups in total. The summed E-state index contributed by atoms with van der Waals surface area (Å²) in [4.78, 5) is 0. The molecule has 2 heterocycles. The first kappa shape index (κ1) is 11.3. The van der Waals surface area contributed by atoms with Crippen LogP contribution in [0.3, 0.4) is 0 Å². The number of hydrogen-bond acceptors (Lipinski definition) is 3. The summed E-state index contributed by atoms with van der Waals surface area (Å²) in [6.07, 6.45) is 3.04. The molecule has 6 heteroatoms. The van der Waals surface area contributed by atoms with Gasteiger partial charge in [0.25, 0.3) is 10.2 Å². The van der Waals surface area contributed by atoms with Crippen molar-refractivity contribution in [1.82, 2.24) is 8.61 Å². The van der Waals surface area contributed by atoms with Crippen molar-refractivity contribution in [3.05, 3.63) is 0 Å². The molecule has 0 amide bonds. The lowest BCUT2D eigenvalue weighted by Gasteiger charge is -2.33. The third-order valence-corrected chi connectivity index (χ3v) is 4.99.